The van der Waals surface area contributed by atoms with Gasteiger partial charge >= 0.3 is 0 Å². The van der Waals surface area contributed by atoms with Gasteiger partial charge in [-0.1, -0.05) is 6.92 Å². The van der Waals surface area contributed by atoms with E-state index in [-0.39, 0.29) is 24.0 Å². The fourth-order valence-electron chi connectivity index (χ4n) is 3.33. The van der Waals surface area contributed by atoms with E-state index in [9.17, 15) is 9.59 Å². The number of anilines is 2. The molecule has 1 saturated heterocycles. The Labute approximate surface area is 176 Å². The maximum atomic E-state index is 12.8. The zero-order valence-electron chi connectivity index (χ0n) is 17.4. The fourth-order valence-corrected chi connectivity index (χ4v) is 3.33. The van der Waals surface area contributed by atoms with Crippen molar-refractivity contribution in [2.75, 3.05) is 23.7 Å². The Balaban J connectivity index is 1.33. The second-order valence-corrected chi connectivity index (χ2v) is 7.86. The van der Waals surface area contributed by atoms with E-state index in [0.29, 0.717) is 42.6 Å². The zero-order valence-corrected chi connectivity index (χ0v) is 17.4. The number of aryl methyl sites for hydroxylation is 1. The normalized spacial score (nSPS) is 18.2. The number of carbonyl (C=O) groups excluding carboxylic acids is 2. The molecule has 4 rings (SSSR count). The van der Waals surface area contributed by atoms with E-state index >= 15 is 0 Å². The van der Waals surface area contributed by atoms with E-state index in [2.05, 4.69) is 20.6 Å². The highest BCUT2D eigenvalue weighted by Crippen LogP contribution is 2.28. The number of aromatic nitrogens is 2. The predicted molar refractivity (Wildman–Crippen MR) is 114 cm³/mol. The number of hydrogen-bond acceptors (Lipinski definition) is 6. The molecule has 2 amide bonds. The lowest BCUT2D eigenvalue weighted by atomic mass is 10.2. The van der Waals surface area contributed by atoms with E-state index in [0.717, 1.165) is 24.8 Å². The molecule has 2 fully saturated rings. The molecule has 1 saturated carbocycles. The van der Waals surface area contributed by atoms with E-state index in [1.807, 2.05) is 11.8 Å². The highest BCUT2D eigenvalue weighted by Gasteiger charge is 2.28. The summed E-state index contributed by atoms with van der Waals surface area (Å²) < 4.78 is 5.84. The van der Waals surface area contributed by atoms with Crippen LogP contribution in [0.2, 0.25) is 0 Å². The van der Waals surface area contributed by atoms with Crippen LogP contribution in [0.4, 0.5) is 11.6 Å². The third-order valence-electron chi connectivity index (χ3n) is 5.27. The first-order chi connectivity index (χ1) is 14.5. The number of nitrogens with zero attached hydrogens (tertiary/aromatic N) is 3. The Hall–Kier alpha value is -3.16. The second kappa shape index (κ2) is 8.69. The van der Waals surface area contributed by atoms with Crippen molar-refractivity contribution >= 4 is 23.5 Å². The molecule has 30 heavy (non-hydrogen) atoms. The number of likely N-dealkylation sites (tertiary alicyclic amines) is 1. The van der Waals surface area contributed by atoms with Crippen LogP contribution >= 0.6 is 0 Å². The molecule has 2 N–H and O–H groups in total. The average molecular weight is 409 g/mol. The van der Waals surface area contributed by atoms with Crippen LogP contribution in [0, 0.1) is 6.92 Å². The number of ether oxygens (including phenoxy) is 1. The van der Waals surface area contributed by atoms with Gasteiger partial charge in [0, 0.05) is 48.6 Å². The summed E-state index contributed by atoms with van der Waals surface area (Å²) in [7, 11) is 0. The maximum absolute atomic E-state index is 12.8. The molecular weight excluding hydrogens is 382 g/mol. The van der Waals surface area contributed by atoms with Gasteiger partial charge in [-0.05, 0) is 50.5 Å². The van der Waals surface area contributed by atoms with Crippen molar-refractivity contribution in [3.8, 4) is 5.88 Å². The van der Waals surface area contributed by atoms with Gasteiger partial charge in [0.05, 0.1) is 0 Å². The molecular formula is C22H27N5O3. The van der Waals surface area contributed by atoms with Gasteiger partial charge in [0.15, 0.2) is 0 Å². The van der Waals surface area contributed by atoms with Crippen LogP contribution in [0.3, 0.4) is 0 Å². The first kappa shape index (κ1) is 20.1. The van der Waals surface area contributed by atoms with Crippen LogP contribution in [0.15, 0.2) is 30.5 Å². The molecule has 2 aromatic rings. The van der Waals surface area contributed by atoms with Gasteiger partial charge in [-0.3, -0.25) is 9.59 Å². The summed E-state index contributed by atoms with van der Waals surface area (Å²) in [5, 5.41) is 6.12. The SMILES string of the molecule is CCC(=O)Nc1ccc(C(=O)N2CC[C@@H](Nc3ncc(C)c(OC4CC4)n3)C2)cc1. The molecule has 2 aliphatic rings. The molecule has 0 radical (unpaired) electrons. The van der Waals surface area contributed by atoms with Gasteiger partial charge in [0.25, 0.3) is 5.91 Å². The van der Waals surface area contributed by atoms with Crippen LogP contribution < -0.4 is 15.4 Å². The summed E-state index contributed by atoms with van der Waals surface area (Å²) in [6, 6.07) is 7.11. The lowest BCUT2D eigenvalue weighted by Crippen LogP contribution is -2.31. The number of hydrogen-bond donors (Lipinski definition) is 2. The van der Waals surface area contributed by atoms with Crippen LogP contribution in [-0.2, 0) is 4.79 Å². The molecule has 0 spiro atoms. The molecule has 1 aliphatic heterocycles. The molecule has 1 aromatic heterocycles. The van der Waals surface area contributed by atoms with Crippen molar-refractivity contribution in [2.24, 2.45) is 0 Å². The Morgan fingerprint density at radius 2 is 1.97 bits per heavy atom. The predicted octanol–water partition coefficient (Wildman–Crippen LogP) is 3.00. The Morgan fingerprint density at radius 1 is 1.20 bits per heavy atom. The van der Waals surface area contributed by atoms with Crippen LogP contribution in [0.1, 0.15) is 48.5 Å². The number of nitrogens with one attached hydrogen (secondary N) is 2. The highest BCUT2D eigenvalue weighted by atomic mass is 16.5. The number of benzene rings is 1. The lowest BCUT2D eigenvalue weighted by molar-refractivity contribution is -0.115. The average Bonchev–Trinajstić information content (AvgIpc) is 3.45. The molecule has 1 atom stereocenters. The van der Waals surface area contributed by atoms with Crippen molar-refractivity contribution < 1.29 is 14.3 Å². The highest BCUT2D eigenvalue weighted by molar-refractivity contribution is 5.96. The number of rotatable bonds is 7. The molecule has 8 nitrogen and oxygen atoms in total. The Morgan fingerprint density at radius 3 is 2.67 bits per heavy atom. The number of carbonyl (C=O) groups is 2. The van der Waals surface area contributed by atoms with E-state index in [1.165, 1.54) is 0 Å². The number of amides is 2. The van der Waals surface area contributed by atoms with Crippen molar-refractivity contribution in [1.29, 1.82) is 0 Å². The van der Waals surface area contributed by atoms with Crippen molar-refractivity contribution in [1.82, 2.24) is 14.9 Å². The largest absolute Gasteiger partial charge is 0.474 e. The van der Waals surface area contributed by atoms with Gasteiger partial charge in [-0.25, -0.2) is 4.98 Å². The monoisotopic (exact) mass is 409 g/mol. The van der Waals surface area contributed by atoms with Crippen molar-refractivity contribution in [3.05, 3.63) is 41.6 Å². The first-order valence-corrected chi connectivity index (χ1v) is 10.5. The van der Waals surface area contributed by atoms with Gasteiger partial charge in [0.1, 0.15) is 6.10 Å². The quantitative estimate of drug-likeness (QED) is 0.730. The minimum atomic E-state index is -0.0495. The van der Waals surface area contributed by atoms with E-state index < -0.39 is 0 Å². The van der Waals surface area contributed by atoms with Gasteiger partial charge < -0.3 is 20.3 Å². The van der Waals surface area contributed by atoms with Crippen molar-refractivity contribution in [3.63, 3.8) is 0 Å². The summed E-state index contributed by atoms with van der Waals surface area (Å²) in [5.41, 5.74) is 2.23. The van der Waals surface area contributed by atoms with Crippen LogP contribution in [-0.4, -0.2) is 51.9 Å². The minimum Gasteiger partial charge on any atom is -0.474 e. The maximum Gasteiger partial charge on any atom is 0.253 e. The van der Waals surface area contributed by atoms with Gasteiger partial charge in [-0.15, -0.1) is 0 Å². The third-order valence-corrected chi connectivity index (χ3v) is 5.27. The third kappa shape index (κ3) is 4.87. The molecule has 0 bridgehead atoms. The molecule has 0 unspecified atom stereocenters. The summed E-state index contributed by atoms with van der Waals surface area (Å²) in [4.78, 5) is 35.0. The van der Waals surface area contributed by atoms with Crippen molar-refractivity contribution in [2.45, 2.75) is 51.7 Å². The molecule has 8 heteroatoms. The second-order valence-electron chi connectivity index (χ2n) is 7.86. The minimum absolute atomic E-state index is 0.0183. The van der Waals surface area contributed by atoms with E-state index in [4.69, 9.17) is 4.74 Å². The molecule has 158 valence electrons. The lowest BCUT2D eigenvalue weighted by Gasteiger charge is -2.18. The molecule has 1 aromatic carbocycles. The smallest absolute Gasteiger partial charge is 0.253 e. The van der Waals surface area contributed by atoms with Gasteiger partial charge in [0.2, 0.25) is 17.7 Å². The van der Waals surface area contributed by atoms with Crippen LogP contribution in [0.5, 0.6) is 5.88 Å². The summed E-state index contributed by atoms with van der Waals surface area (Å²) in [6.45, 7) is 5.00. The fraction of sp³-hybridized carbons (Fsp3) is 0.455. The van der Waals surface area contributed by atoms with Crippen LogP contribution in [0.25, 0.3) is 0 Å². The molecule has 1 aliphatic carbocycles. The Kier molecular flexibility index (Phi) is 5.83. The summed E-state index contributed by atoms with van der Waals surface area (Å²) >= 11 is 0. The van der Waals surface area contributed by atoms with Gasteiger partial charge in [-0.2, -0.15) is 4.98 Å². The topological polar surface area (TPSA) is 96.5 Å². The summed E-state index contributed by atoms with van der Waals surface area (Å²) in [5.74, 6) is 1.10. The summed E-state index contributed by atoms with van der Waals surface area (Å²) in [6.07, 6.45) is 5.46. The zero-order chi connectivity index (χ0) is 21.1. The first-order valence-electron chi connectivity index (χ1n) is 10.5. The Bertz CT molecular complexity index is 927. The standard InChI is InChI=1S/C22H27N5O3/c1-3-19(28)24-16-6-4-15(5-7-16)21(29)27-11-10-17(13-27)25-22-23-12-14(2)20(26-22)30-18-8-9-18/h4-7,12,17-18H,3,8-11,13H2,1-2H3,(H,24,28)(H,23,25,26)/t17-/m1/s1. The van der Waals surface area contributed by atoms with E-state index in [1.54, 1.807) is 37.4 Å². The molecule has 2 heterocycles.